The van der Waals surface area contributed by atoms with Crippen LogP contribution < -0.4 is 10.1 Å². The lowest BCUT2D eigenvalue weighted by atomic mass is 10.1. The second kappa shape index (κ2) is 8.47. The van der Waals surface area contributed by atoms with Gasteiger partial charge < -0.3 is 10.1 Å². The Morgan fingerprint density at radius 2 is 1.97 bits per heavy atom. The summed E-state index contributed by atoms with van der Waals surface area (Å²) in [5, 5.41) is 3.75. The molecule has 0 spiro atoms. The predicted molar refractivity (Wildman–Crippen MR) is 106 cm³/mol. The number of nitrogens with zero attached hydrogens (tertiary/aromatic N) is 2. The highest BCUT2D eigenvalue weighted by Gasteiger charge is 2.33. The maximum Gasteiger partial charge on any atom is 0.303 e. The first-order valence-electron chi connectivity index (χ1n) is 9.20. The first-order chi connectivity index (χ1) is 14.0. The third kappa shape index (κ3) is 6.06. The summed E-state index contributed by atoms with van der Waals surface area (Å²) < 4.78 is 55.8. The Morgan fingerprint density at radius 1 is 1.30 bits per heavy atom. The third-order valence-corrected chi connectivity index (χ3v) is 4.96. The molecule has 7 nitrogen and oxygen atoms in total. The number of rotatable bonds is 8. The SMILES string of the molecule is CC(F)(F)c1ncc(C(=O)N[C@H](/C=C/S(C)(=O)=O)C2CC2)c(Oc2ccccc2)n1. The van der Waals surface area contributed by atoms with Crippen molar-refractivity contribution < 1.29 is 26.7 Å². The molecule has 1 amide bonds. The van der Waals surface area contributed by atoms with Crippen molar-refractivity contribution in [1.29, 1.82) is 0 Å². The molecule has 0 radical (unpaired) electrons. The number of nitrogens with one attached hydrogen (secondary N) is 1. The fourth-order valence-electron chi connectivity index (χ4n) is 2.65. The van der Waals surface area contributed by atoms with Gasteiger partial charge in [0.05, 0.1) is 6.04 Å². The lowest BCUT2D eigenvalue weighted by Crippen LogP contribution is -2.35. The number of carbonyl (C=O) groups is 1. The molecule has 10 heteroatoms. The summed E-state index contributed by atoms with van der Waals surface area (Å²) >= 11 is 0. The van der Waals surface area contributed by atoms with E-state index in [-0.39, 0.29) is 17.4 Å². The van der Waals surface area contributed by atoms with Gasteiger partial charge >= 0.3 is 5.92 Å². The van der Waals surface area contributed by atoms with Crippen LogP contribution in [-0.2, 0) is 15.8 Å². The van der Waals surface area contributed by atoms with E-state index in [0.717, 1.165) is 30.7 Å². The van der Waals surface area contributed by atoms with E-state index in [1.807, 2.05) is 0 Å². The number of hydrogen-bond donors (Lipinski definition) is 1. The molecule has 1 atom stereocenters. The molecule has 0 unspecified atom stereocenters. The Morgan fingerprint density at radius 3 is 2.53 bits per heavy atom. The van der Waals surface area contributed by atoms with Gasteiger partial charge in [-0.1, -0.05) is 24.3 Å². The molecule has 1 heterocycles. The molecule has 2 aromatic rings. The van der Waals surface area contributed by atoms with E-state index >= 15 is 0 Å². The molecule has 1 aromatic heterocycles. The Labute approximate surface area is 173 Å². The normalized spacial score (nSPS) is 15.7. The van der Waals surface area contributed by atoms with Crippen LogP contribution in [0.4, 0.5) is 8.78 Å². The minimum absolute atomic E-state index is 0.102. The van der Waals surface area contributed by atoms with Crippen LogP contribution in [0.25, 0.3) is 0 Å². The fraction of sp³-hybridized carbons (Fsp3) is 0.350. The minimum atomic E-state index is -3.36. The molecular formula is C20H21F2N3O4S. The van der Waals surface area contributed by atoms with Crippen LogP contribution in [0.15, 0.2) is 48.0 Å². The van der Waals surface area contributed by atoms with Crippen molar-refractivity contribution in [3.05, 3.63) is 59.4 Å². The summed E-state index contributed by atoms with van der Waals surface area (Å²) in [5.41, 5.74) is -0.134. The number of hydrogen-bond acceptors (Lipinski definition) is 6. The highest BCUT2D eigenvalue weighted by atomic mass is 32.2. The van der Waals surface area contributed by atoms with Crippen molar-refractivity contribution in [3.8, 4) is 11.6 Å². The van der Waals surface area contributed by atoms with Crippen LogP contribution in [0.1, 0.15) is 35.9 Å². The van der Waals surface area contributed by atoms with E-state index in [1.165, 1.54) is 6.08 Å². The zero-order valence-corrected chi connectivity index (χ0v) is 17.2. The number of aromatic nitrogens is 2. The first-order valence-corrected chi connectivity index (χ1v) is 11.2. The van der Waals surface area contributed by atoms with Crippen LogP contribution >= 0.6 is 0 Å². The van der Waals surface area contributed by atoms with Gasteiger partial charge in [-0.2, -0.15) is 13.8 Å². The molecule has 30 heavy (non-hydrogen) atoms. The van der Waals surface area contributed by atoms with E-state index in [0.29, 0.717) is 12.7 Å². The van der Waals surface area contributed by atoms with Crippen molar-refractivity contribution in [2.45, 2.75) is 31.7 Å². The van der Waals surface area contributed by atoms with Gasteiger partial charge in [0, 0.05) is 24.8 Å². The van der Waals surface area contributed by atoms with Gasteiger partial charge in [-0.15, -0.1) is 0 Å². The maximum absolute atomic E-state index is 13.7. The van der Waals surface area contributed by atoms with Crippen LogP contribution in [0, 0.1) is 5.92 Å². The van der Waals surface area contributed by atoms with Crippen LogP contribution in [0.5, 0.6) is 11.6 Å². The summed E-state index contributed by atoms with van der Waals surface area (Å²) in [6.07, 6.45) is 5.13. The zero-order valence-electron chi connectivity index (χ0n) is 16.4. The molecule has 3 rings (SSSR count). The molecule has 0 aliphatic heterocycles. The van der Waals surface area contributed by atoms with E-state index in [9.17, 15) is 22.0 Å². The number of alkyl halides is 2. The van der Waals surface area contributed by atoms with Gasteiger partial charge in [-0.3, -0.25) is 4.79 Å². The summed E-state index contributed by atoms with van der Waals surface area (Å²) in [6.45, 7) is 0.646. The molecule has 1 aliphatic rings. The number of carbonyl (C=O) groups excluding carboxylic acids is 1. The summed E-state index contributed by atoms with van der Waals surface area (Å²) in [7, 11) is -3.36. The summed E-state index contributed by atoms with van der Waals surface area (Å²) in [6, 6.07) is 7.78. The van der Waals surface area contributed by atoms with E-state index < -0.39 is 33.5 Å². The largest absolute Gasteiger partial charge is 0.438 e. The lowest BCUT2D eigenvalue weighted by molar-refractivity contribution is 0.00707. The van der Waals surface area contributed by atoms with Crippen molar-refractivity contribution in [1.82, 2.24) is 15.3 Å². The highest BCUT2D eigenvalue weighted by molar-refractivity contribution is 7.93. The summed E-state index contributed by atoms with van der Waals surface area (Å²) in [4.78, 5) is 20.2. The van der Waals surface area contributed by atoms with Gasteiger partial charge in [0.2, 0.25) is 11.7 Å². The average Bonchev–Trinajstić information content (AvgIpc) is 3.49. The first kappa shape index (κ1) is 21.8. The quantitative estimate of drug-likeness (QED) is 0.679. The van der Waals surface area contributed by atoms with Crippen LogP contribution in [0.3, 0.4) is 0 Å². The number of amides is 1. The Balaban J connectivity index is 1.90. The van der Waals surface area contributed by atoms with Crippen LogP contribution in [-0.4, -0.2) is 36.6 Å². The molecule has 0 bridgehead atoms. The Hall–Kier alpha value is -2.88. The van der Waals surface area contributed by atoms with E-state index in [2.05, 4.69) is 15.3 Å². The molecule has 1 N–H and O–H groups in total. The van der Waals surface area contributed by atoms with Gasteiger partial charge in [0.15, 0.2) is 9.84 Å². The maximum atomic E-state index is 13.7. The van der Waals surface area contributed by atoms with Crippen molar-refractivity contribution in [2.24, 2.45) is 5.92 Å². The van der Waals surface area contributed by atoms with Crippen LogP contribution in [0.2, 0.25) is 0 Å². The standard InChI is InChI=1S/C20H21F2N3O4S/c1-20(21,22)19-23-12-15(18(25-19)29-14-6-4-3-5-7-14)17(26)24-16(13-8-9-13)10-11-30(2,27)28/h3-7,10-13,16H,8-9H2,1-2H3,(H,24,26)/b11-10+/t16-/m1/s1. The van der Waals surface area contributed by atoms with Gasteiger partial charge in [0.1, 0.15) is 11.3 Å². The number of benzene rings is 1. The van der Waals surface area contributed by atoms with Crippen molar-refractivity contribution in [2.75, 3.05) is 6.26 Å². The number of para-hydroxylation sites is 1. The molecule has 1 aromatic carbocycles. The topological polar surface area (TPSA) is 98.2 Å². The molecule has 160 valence electrons. The fourth-order valence-corrected chi connectivity index (χ4v) is 3.10. The Kier molecular flexibility index (Phi) is 6.16. The molecule has 1 aliphatic carbocycles. The number of ether oxygens (including phenoxy) is 1. The molecular weight excluding hydrogens is 416 g/mol. The summed E-state index contributed by atoms with van der Waals surface area (Å²) in [5.74, 6) is -4.65. The smallest absolute Gasteiger partial charge is 0.303 e. The van der Waals surface area contributed by atoms with Crippen molar-refractivity contribution >= 4 is 15.7 Å². The zero-order chi connectivity index (χ0) is 21.9. The highest BCUT2D eigenvalue weighted by Crippen LogP contribution is 2.34. The van der Waals surface area contributed by atoms with E-state index in [4.69, 9.17) is 4.74 Å². The van der Waals surface area contributed by atoms with E-state index in [1.54, 1.807) is 30.3 Å². The predicted octanol–water partition coefficient (Wildman–Crippen LogP) is 3.45. The van der Waals surface area contributed by atoms with Gasteiger partial charge in [-0.25, -0.2) is 13.4 Å². The molecule has 1 fully saturated rings. The minimum Gasteiger partial charge on any atom is -0.438 e. The average molecular weight is 437 g/mol. The van der Waals surface area contributed by atoms with Gasteiger partial charge in [-0.05, 0) is 30.9 Å². The Bertz CT molecular complexity index is 1050. The van der Waals surface area contributed by atoms with Crippen molar-refractivity contribution in [3.63, 3.8) is 0 Å². The molecule has 0 saturated heterocycles. The van der Waals surface area contributed by atoms with Gasteiger partial charge in [0.25, 0.3) is 5.91 Å². The number of sulfone groups is 1. The molecule has 1 saturated carbocycles. The number of halogens is 2. The lowest BCUT2D eigenvalue weighted by Gasteiger charge is -2.17. The second-order valence-electron chi connectivity index (χ2n) is 7.21. The second-order valence-corrected chi connectivity index (χ2v) is 9.14. The third-order valence-electron chi connectivity index (χ3n) is 4.31. The monoisotopic (exact) mass is 437 g/mol.